The lowest BCUT2D eigenvalue weighted by Crippen LogP contribution is -2.24. The summed E-state index contributed by atoms with van der Waals surface area (Å²) < 4.78 is 19.8. The molecule has 1 aliphatic rings. The van der Waals surface area contributed by atoms with Gasteiger partial charge in [0.05, 0.1) is 31.2 Å². The second-order valence-corrected chi connectivity index (χ2v) is 7.91. The summed E-state index contributed by atoms with van der Waals surface area (Å²) in [6.45, 7) is 3.53. The summed E-state index contributed by atoms with van der Waals surface area (Å²) in [5, 5.41) is 0.0607. The van der Waals surface area contributed by atoms with Gasteiger partial charge in [-0.1, -0.05) is 18.2 Å². The number of aryl methyl sites for hydroxylation is 1. The number of anilines is 1. The number of aromatic nitrogens is 2. The van der Waals surface area contributed by atoms with Gasteiger partial charge in [-0.25, -0.2) is 9.37 Å². The SMILES string of the molecule is COc1ccc2c(c1)SC(c1ccccc1F)CCN2Cc1cnc(C)[nH]1. The predicted octanol–water partition coefficient (Wildman–Crippen LogP) is 5.11. The molecule has 6 heteroatoms. The molecule has 0 saturated heterocycles. The highest BCUT2D eigenvalue weighted by Crippen LogP contribution is 2.47. The first kappa shape index (κ1) is 17.9. The number of methoxy groups -OCH3 is 1. The van der Waals surface area contributed by atoms with E-state index in [1.807, 2.05) is 37.4 Å². The maximum Gasteiger partial charge on any atom is 0.127 e. The number of benzene rings is 2. The lowest BCUT2D eigenvalue weighted by Gasteiger charge is -2.24. The van der Waals surface area contributed by atoms with Crippen LogP contribution in [0.15, 0.2) is 53.6 Å². The number of ether oxygens (including phenoxy) is 1. The standard InChI is InChI=1S/C21H22FN3OS/c1-14-23-12-15(24-14)13-25-10-9-20(17-5-3-4-6-18(17)22)27-21-11-16(26-2)7-8-19(21)25/h3-8,11-12,20H,9-10,13H2,1-2H3,(H,23,24). The fourth-order valence-corrected chi connectivity index (χ4v) is 4.81. The Bertz CT molecular complexity index is 943. The van der Waals surface area contributed by atoms with E-state index in [1.54, 1.807) is 31.0 Å². The topological polar surface area (TPSA) is 41.1 Å². The smallest absolute Gasteiger partial charge is 0.127 e. The molecular formula is C21H22FN3OS. The highest BCUT2D eigenvalue weighted by molar-refractivity contribution is 7.99. The van der Waals surface area contributed by atoms with Gasteiger partial charge in [0.15, 0.2) is 0 Å². The molecule has 140 valence electrons. The minimum Gasteiger partial charge on any atom is -0.497 e. The monoisotopic (exact) mass is 383 g/mol. The summed E-state index contributed by atoms with van der Waals surface area (Å²) in [5.41, 5.74) is 2.98. The molecule has 1 atom stereocenters. The summed E-state index contributed by atoms with van der Waals surface area (Å²) in [7, 11) is 1.67. The Morgan fingerprint density at radius 3 is 2.89 bits per heavy atom. The van der Waals surface area contributed by atoms with Gasteiger partial charge in [0, 0.05) is 22.3 Å². The molecule has 2 heterocycles. The van der Waals surface area contributed by atoms with Crippen LogP contribution in [-0.4, -0.2) is 23.6 Å². The van der Waals surface area contributed by atoms with Crippen LogP contribution >= 0.6 is 11.8 Å². The molecule has 0 fully saturated rings. The molecule has 1 unspecified atom stereocenters. The Balaban J connectivity index is 1.69. The molecule has 0 spiro atoms. The summed E-state index contributed by atoms with van der Waals surface area (Å²) in [6, 6.07) is 13.2. The lowest BCUT2D eigenvalue weighted by atomic mass is 10.1. The number of halogens is 1. The van der Waals surface area contributed by atoms with Crippen LogP contribution in [0.3, 0.4) is 0 Å². The van der Waals surface area contributed by atoms with Crippen molar-refractivity contribution in [2.24, 2.45) is 0 Å². The normalized spacial score (nSPS) is 16.7. The Kier molecular flexibility index (Phi) is 5.07. The molecule has 0 amide bonds. The number of hydrogen-bond acceptors (Lipinski definition) is 4. The number of hydrogen-bond donors (Lipinski definition) is 1. The molecule has 1 N–H and O–H groups in total. The zero-order valence-electron chi connectivity index (χ0n) is 15.4. The van der Waals surface area contributed by atoms with E-state index >= 15 is 0 Å². The third kappa shape index (κ3) is 3.81. The summed E-state index contributed by atoms with van der Waals surface area (Å²) in [6.07, 6.45) is 2.74. The maximum absolute atomic E-state index is 14.4. The molecule has 27 heavy (non-hydrogen) atoms. The van der Waals surface area contributed by atoms with E-state index in [4.69, 9.17) is 4.74 Å². The van der Waals surface area contributed by atoms with Gasteiger partial charge in [0.1, 0.15) is 17.4 Å². The van der Waals surface area contributed by atoms with Crippen LogP contribution < -0.4 is 9.64 Å². The summed E-state index contributed by atoms with van der Waals surface area (Å²) in [5.74, 6) is 1.58. The van der Waals surface area contributed by atoms with Gasteiger partial charge in [-0.2, -0.15) is 0 Å². The first-order chi connectivity index (χ1) is 13.1. The zero-order valence-corrected chi connectivity index (χ0v) is 16.2. The molecular weight excluding hydrogens is 361 g/mol. The molecule has 4 rings (SSSR count). The Morgan fingerprint density at radius 1 is 1.30 bits per heavy atom. The molecule has 4 nitrogen and oxygen atoms in total. The molecule has 3 aromatic rings. The van der Waals surface area contributed by atoms with Gasteiger partial charge < -0.3 is 14.6 Å². The molecule has 0 radical (unpaired) electrons. The number of thioether (sulfide) groups is 1. The number of nitrogens with zero attached hydrogens (tertiary/aromatic N) is 2. The van der Waals surface area contributed by atoms with Crippen molar-refractivity contribution in [1.82, 2.24) is 9.97 Å². The van der Waals surface area contributed by atoms with E-state index in [0.29, 0.717) is 0 Å². The highest BCUT2D eigenvalue weighted by Gasteiger charge is 2.25. The number of imidazole rings is 1. The molecule has 1 aliphatic heterocycles. The van der Waals surface area contributed by atoms with E-state index in [0.717, 1.165) is 52.9 Å². The third-order valence-electron chi connectivity index (χ3n) is 4.81. The fraction of sp³-hybridized carbons (Fsp3) is 0.286. The average molecular weight is 383 g/mol. The van der Waals surface area contributed by atoms with Crippen molar-refractivity contribution >= 4 is 17.4 Å². The van der Waals surface area contributed by atoms with Crippen LogP contribution in [0.2, 0.25) is 0 Å². The molecule has 0 bridgehead atoms. The second kappa shape index (κ2) is 7.64. The van der Waals surface area contributed by atoms with Gasteiger partial charge in [-0.3, -0.25) is 0 Å². The van der Waals surface area contributed by atoms with Crippen molar-refractivity contribution in [2.45, 2.75) is 30.0 Å². The minimum atomic E-state index is -0.142. The van der Waals surface area contributed by atoms with Crippen molar-refractivity contribution in [3.8, 4) is 5.75 Å². The Labute approximate surface area is 162 Å². The van der Waals surface area contributed by atoms with Crippen molar-refractivity contribution in [3.63, 3.8) is 0 Å². The van der Waals surface area contributed by atoms with Gasteiger partial charge in [0.25, 0.3) is 0 Å². The predicted molar refractivity (Wildman–Crippen MR) is 107 cm³/mol. The van der Waals surface area contributed by atoms with E-state index in [1.165, 1.54) is 0 Å². The van der Waals surface area contributed by atoms with Gasteiger partial charge >= 0.3 is 0 Å². The van der Waals surface area contributed by atoms with E-state index in [-0.39, 0.29) is 11.1 Å². The maximum atomic E-state index is 14.4. The van der Waals surface area contributed by atoms with Gasteiger partial charge in [0.2, 0.25) is 0 Å². The van der Waals surface area contributed by atoms with Gasteiger partial charge in [-0.15, -0.1) is 11.8 Å². The van der Waals surface area contributed by atoms with Crippen LogP contribution in [0.4, 0.5) is 10.1 Å². The van der Waals surface area contributed by atoms with E-state index in [9.17, 15) is 4.39 Å². The molecule has 1 aromatic heterocycles. The fourth-order valence-electron chi connectivity index (χ4n) is 3.46. The van der Waals surface area contributed by atoms with Crippen LogP contribution in [0.5, 0.6) is 5.75 Å². The Morgan fingerprint density at radius 2 is 2.15 bits per heavy atom. The number of aromatic amines is 1. The van der Waals surface area contributed by atoms with Crippen molar-refractivity contribution < 1.29 is 9.13 Å². The van der Waals surface area contributed by atoms with Crippen LogP contribution in [0.25, 0.3) is 0 Å². The third-order valence-corrected chi connectivity index (χ3v) is 6.16. The summed E-state index contributed by atoms with van der Waals surface area (Å²) >= 11 is 1.71. The van der Waals surface area contributed by atoms with Gasteiger partial charge in [-0.05, 0) is 37.6 Å². The summed E-state index contributed by atoms with van der Waals surface area (Å²) in [4.78, 5) is 11.0. The second-order valence-electron chi connectivity index (χ2n) is 6.67. The van der Waals surface area contributed by atoms with Crippen molar-refractivity contribution in [1.29, 1.82) is 0 Å². The highest BCUT2D eigenvalue weighted by atomic mass is 32.2. The largest absolute Gasteiger partial charge is 0.497 e. The van der Waals surface area contributed by atoms with Crippen LogP contribution in [0, 0.1) is 12.7 Å². The van der Waals surface area contributed by atoms with Crippen molar-refractivity contribution in [2.75, 3.05) is 18.6 Å². The zero-order chi connectivity index (χ0) is 18.8. The molecule has 0 saturated carbocycles. The minimum absolute atomic E-state index is 0.0607. The van der Waals surface area contributed by atoms with E-state index < -0.39 is 0 Å². The quantitative estimate of drug-likeness (QED) is 0.680. The van der Waals surface area contributed by atoms with Crippen LogP contribution in [0.1, 0.15) is 28.8 Å². The Hall–Kier alpha value is -2.47. The van der Waals surface area contributed by atoms with Crippen molar-refractivity contribution in [3.05, 3.63) is 71.6 Å². The lowest BCUT2D eigenvalue weighted by molar-refractivity contribution is 0.413. The van der Waals surface area contributed by atoms with E-state index in [2.05, 4.69) is 20.9 Å². The number of H-pyrrole nitrogens is 1. The molecule has 0 aliphatic carbocycles. The number of rotatable bonds is 4. The molecule has 2 aromatic carbocycles. The van der Waals surface area contributed by atoms with Crippen LogP contribution in [-0.2, 0) is 6.54 Å². The average Bonchev–Trinajstić information content (AvgIpc) is 3.00. The first-order valence-corrected chi connectivity index (χ1v) is 9.86. The number of nitrogens with one attached hydrogen (secondary N) is 1. The number of fused-ring (bicyclic) bond motifs is 1. The first-order valence-electron chi connectivity index (χ1n) is 8.98.